The molecule has 2 aromatic rings. The average molecular weight is 399 g/mol. The lowest BCUT2D eigenvalue weighted by molar-refractivity contribution is 0.0951. The maximum Gasteiger partial charge on any atom is 0.255 e. The van der Waals surface area contributed by atoms with Crippen molar-refractivity contribution >= 4 is 11.7 Å². The second kappa shape index (κ2) is 11.7. The second-order valence-electron chi connectivity index (χ2n) is 6.24. The summed E-state index contributed by atoms with van der Waals surface area (Å²) >= 11 is 0. The summed E-state index contributed by atoms with van der Waals surface area (Å²) in [4.78, 5) is 16.5. The van der Waals surface area contributed by atoms with Crippen LogP contribution in [0.1, 0.15) is 47.8 Å². The van der Waals surface area contributed by atoms with Crippen LogP contribution in [0.5, 0.6) is 5.75 Å². The van der Waals surface area contributed by atoms with E-state index in [4.69, 9.17) is 15.2 Å². The number of benzene rings is 1. The van der Waals surface area contributed by atoms with E-state index < -0.39 is 11.7 Å². The quantitative estimate of drug-likeness (QED) is 0.498. The number of pyridine rings is 1. The van der Waals surface area contributed by atoms with Gasteiger partial charge in [-0.25, -0.2) is 9.37 Å². The van der Waals surface area contributed by atoms with Crippen molar-refractivity contribution in [3.05, 3.63) is 53.0 Å². The number of methoxy groups -OCH3 is 1. The number of nitrogens with two attached hydrogens (primary N) is 1. The van der Waals surface area contributed by atoms with E-state index in [1.165, 1.54) is 0 Å². The molecule has 0 unspecified atom stereocenters. The first-order valence-corrected chi connectivity index (χ1v) is 9.45. The third-order valence-corrected chi connectivity index (χ3v) is 4.01. The molecule has 154 valence electrons. The van der Waals surface area contributed by atoms with Crippen LogP contribution in [-0.2, 0) is 17.9 Å². The van der Waals surface area contributed by atoms with Crippen molar-refractivity contribution in [3.8, 4) is 17.6 Å². The van der Waals surface area contributed by atoms with Crippen LogP contribution >= 0.6 is 0 Å². The molecular formula is C22H26FN3O3. The summed E-state index contributed by atoms with van der Waals surface area (Å²) in [7, 11) is 1.55. The number of unbranched alkanes of at least 4 members (excludes halogenated alkanes) is 1. The summed E-state index contributed by atoms with van der Waals surface area (Å²) in [6.45, 7) is 2.67. The van der Waals surface area contributed by atoms with Crippen molar-refractivity contribution in [1.82, 2.24) is 10.3 Å². The number of anilines is 1. The van der Waals surface area contributed by atoms with Crippen molar-refractivity contribution in [2.45, 2.75) is 39.3 Å². The summed E-state index contributed by atoms with van der Waals surface area (Å²) in [5.74, 6) is 5.33. The Morgan fingerprint density at radius 2 is 2.10 bits per heavy atom. The topological polar surface area (TPSA) is 86.5 Å². The maximum absolute atomic E-state index is 14.6. The minimum absolute atomic E-state index is 0.00308. The fourth-order valence-corrected chi connectivity index (χ4v) is 2.57. The molecule has 1 aromatic heterocycles. The summed E-state index contributed by atoms with van der Waals surface area (Å²) in [5, 5.41) is 2.66. The Morgan fingerprint density at radius 3 is 2.83 bits per heavy atom. The number of nitrogens with zero attached hydrogens (tertiary/aromatic N) is 1. The lowest BCUT2D eigenvalue weighted by atomic mass is 10.1. The number of nitrogens with one attached hydrogen (secondary N) is 1. The zero-order valence-electron chi connectivity index (χ0n) is 16.8. The van der Waals surface area contributed by atoms with Crippen LogP contribution < -0.4 is 15.8 Å². The van der Waals surface area contributed by atoms with E-state index in [0.29, 0.717) is 30.9 Å². The Kier molecular flexibility index (Phi) is 8.93. The van der Waals surface area contributed by atoms with E-state index in [-0.39, 0.29) is 23.7 Å². The molecule has 0 saturated heterocycles. The molecule has 0 atom stereocenters. The van der Waals surface area contributed by atoms with E-state index in [1.807, 2.05) is 6.92 Å². The van der Waals surface area contributed by atoms with Crippen molar-refractivity contribution in [1.29, 1.82) is 0 Å². The Hall–Kier alpha value is -3.11. The SMILES string of the molecule is CCC#CCCCOc1cccc(CNC(=O)c2ccc(COC)nc2N)c1F. The van der Waals surface area contributed by atoms with Gasteiger partial charge in [-0.3, -0.25) is 4.79 Å². The Labute approximate surface area is 170 Å². The molecule has 0 aliphatic heterocycles. The second-order valence-corrected chi connectivity index (χ2v) is 6.24. The predicted molar refractivity (Wildman–Crippen MR) is 110 cm³/mol. The van der Waals surface area contributed by atoms with E-state index in [2.05, 4.69) is 22.1 Å². The minimum atomic E-state index is -0.492. The van der Waals surface area contributed by atoms with Crippen molar-refractivity contribution in [3.63, 3.8) is 0 Å². The van der Waals surface area contributed by atoms with Crippen LogP contribution in [0.2, 0.25) is 0 Å². The smallest absolute Gasteiger partial charge is 0.255 e. The largest absolute Gasteiger partial charge is 0.490 e. The minimum Gasteiger partial charge on any atom is -0.490 e. The lowest BCUT2D eigenvalue weighted by Gasteiger charge is -2.11. The maximum atomic E-state index is 14.6. The standard InChI is InChI=1S/C22H26FN3O3/c1-3-4-5-6-7-13-29-19-10-8-9-16(20(19)23)14-25-22(27)18-12-11-17(15-28-2)26-21(18)24/h8-12H,3,6-7,13-15H2,1-2H3,(H2,24,26)(H,25,27). The molecule has 3 N–H and O–H groups in total. The lowest BCUT2D eigenvalue weighted by Crippen LogP contribution is -2.25. The van der Waals surface area contributed by atoms with Gasteiger partial charge in [0, 0.05) is 32.1 Å². The molecule has 6 nitrogen and oxygen atoms in total. The molecule has 0 aliphatic carbocycles. The highest BCUT2D eigenvalue weighted by atomic mass is 19.1. The van der Waals surface area contributed by atoms with Gasteiger partial charge in [-0.2, -0.15) is 0 Å². The number of carbonyl (C=O) groups is 1. The van der Waals surface area contributed by atoms with Gasteiger partial charge < -0.3 is 20.5 Å². The number of aromatic nitrogens is 1. The van der Waals surface area contributed by atoms with Crippen LogP contribution in [0.3, 0.4) is 0 Å². The van der Waals surface area contributed by atoms with Crippen LogP contribution in [0, 0.1) is 17.7 Å². The first-order chi connectivity index (χ1) is 14.1. The molecule has 0 aliphatic rings. The number of nitrogen functional groups attached to an aromatic ring is 1. The fourth-order valence-electron chi connectivity index (χ4n) is 2.57. The van der Waals surface area contributed by atoms with Crippen LogP contribution in [0.4, 0.5) is 10.2 Å². The van der Waals surface area contributed by atoms with E-state index in [0.717, 1.165) is 12.8 Å². The van der Waals surface area contributed by atoms with Gasteiger partial charge in [0.2, 0.25) is 0 Å². The molecule has 2 rings (SSSR count). The van der Waals surface area contributed by atoms with Crippen LogP contribution in [0.15, 0.2) is 30.3 Å². The number of hydrogen-bond donors (Lipinski definition) is 2. The number of hydrogen-bond acceptors (Lipinski definition) is 5. The van der Waals surface area contributed by atoms with Gasteiger partial charge in [0.1, 0.15) is 5.82 Å². The molecule has 1 aromatic carbocycles. The third-order valence-electron chi connectivity index (χ3n) is 4.01. The molecule has 0 fully saturated rings. The molecule has 0 saturated carbocycles. The zero-order chi connectivity index (χ0) is 21.1. The van der Waals surface area contributed by atoms with Gasteiger partial charge in [-0.15, -0.1) is 11.8 Å². The summed E-state index contributed by atoms with van der Waals surface area (Å²) in [6.07, 6.45) is 2.25. The molecule has 0 radical (unpaired) electrons. The van der Waals surface area contributed by atoms with E-state index in [9.17, 15) is 9.18 Å². The van der Waals surface area contributed by atoms with E-state index in [1.54, 1.807) is 37.4 Å². The number of amides is 1. The molecule has 1 amide bonds. The normalized spacial score (nSPS) is 10.2. The predicted octanol–water partition coefficient (Wildman–Crippen LogP) is 3.45. The van der Waals surface area contributed by atoms with Crippen LogP contribution in [0.25, 0.3) is 0 Å². The highest BCUT2D eigenvalue weighted by Crippen LogP contribution is 2.21. The van der Waals surface area contributed by atoms with Gasteiger partial charge >= 0.3 is 0 Å². The molecule has 29 heavy (non-hydrogen) atoms. The highest BCUT2D eigenvalue weighted by Gasteiger charge is 2.14. The van der Waals surface area contributed by atoms with Gasteiger partial charge in [0.05, 0.1) is 24.5 Å². The van der Waals surface area contributed by atoms with Crippen molar-refractivity contribution in [2.24, 2.45) is 0 Å². The Balaban J connectivity index is 1.94. The number of ether oxygens (including phenoxy) is 2. The highest BCUT2D eigenvalue weighted by molar-refractivity contribution is 5.98. The summed E-state index contributed by atoms with van der Waals surface area (Å²) in [6, 6.07) is 8.08. The van der Waals surface area contributed by atoms with E-state index >= 15 is 0 Å². The zero-order valence-corrected chi connectivity index (χ0v) is 16.8. The Morgan fingerprint density at radius 1 is 1.28 bits per heavy atom. The summed E-state index contributed by atoms with van der Waals surface area (Å²) in [5.41, 5.74) is 7.02. The number of halogens is 1. The third kappa shape index (κ3) is 6.77. The van der Waals surface area contributed by atoms with Crippen LogP contribution in [-0.4, -0.2) is 24.6 Å². The molecule has 7 heteroatoms. The van der Waals surface area contributed by atoms with Gasteiger partial charge in [-0.1, -0.05) is 19.1 Å². The fraction of sp³-hybridized carbons (Fsp3) is 0.364. The average Bonchev–Trinajstić information content (AvgIpc) is 2.71. The summed E-state index contributed by atoms with van der Waals surface area (Å²) < 4.78 is 25.1. The van der Waals surface area contributed by atoms with Crippen molar-refractivity contribution < 1.29 is 18.7 Å². The van der Waals surface area contributed by atoms with Crippen molar-refractivity contribution in [2.75, 3.05) is 19.5 Å². The van der Waals surface area contributed by atoms with Gasteiger partial charge in [0.25, 0.3) is 5.91 Å². The molecule has 0 bridgehead atoms. The number of carbonyl (C=O) groups excluding carboxylic acids is 1. The van der Waals surface area contributed by atoms with Gasteiger partial charge in [0.15, 0.2) is 11.6 Å². The molecule has 0 spiro atoms. The molecular weight excluding hydrogens is 373 g/mol. The Bertz CT molecular complexity index is 891. The monoisotopic (exact) mass is 399 g/mol. The first kappa shape index (κ1) is 22.2. The molecule has 1 heterocycles. The number of rotatable bonds is 9. The van der Waals surface area contributed by atoms with Gasteiger partial charge in [-0.05, 0) is 24.6 Å². The first-order valence-electron chi connectivity index (χ1n) is 9.45.